The summed E-state index contributed by atoms with van der Waals surface area (Å²) in [4.78, 5) is 12.5. The topological polar surface area (TPSA) is 81.2 Å². The van der Waals surface area contributed by atoms with Crippen LogP contribution in [-0.2, 0) is 12.7 Å². The number of nitrogens with one attached hydrogen (secondary N) is 2. The normalized spacial score (nSPS) is 11.1. The van der Waals surface area contributed by atoms with Gasteiger partial charge in [-0.2, -0.15) is 28.1 Å². The Labute approximate surface area is 171 Å². The smallest absolute Gasteiger partial charge is 0.416 e. The van der Waals surface area contributed by atoms with Crippen molar-refractivity contribution >= 4 is 17.6 Å². The minimum atomic E-state index is -4.45. The Bertz CT molecular complexity index is 998. The van der Waals surface area contributed by atoms with Crippen molar-refractivity contribution in [2.75, 3.05) is 24.4 Å². The van der Waals surface area contributed by atoms with Crippen LogP contribution in [-0.4, -0.2) is 28.7 Å². The predicted octanol–water partition coefficient (Wildman–Crippen LogP) is 4.65. The quantitative estimate of drug-likeness (QED) is 0.550. The molecule has 0 aliphatic heterocycles. The molecule has 0 atom stereocenters. The molecule has 0 spiro atoms. The molecular weight excluding hydrogens is 399 g/mol. The molecule has 1 aromatic heterocycles. The van der Waals surface area contributed by atoms with Gasteiger partial charge >= 0.3 is 12.2 Å². The third-order valence-electron chi connectivity index (χ3n) is 3.92. The number of hydrogen-bond donors (Lipinski definition) is 2. The van der Waals surface area contributed by atoms with Gasteiger partial charge in [0.1, 0.15) is 5.75 Å². The zero-order chi connectivity index (χ0) is 21.6. The Morgan fingerprint density at radius 1 is 0.967 bits per heavy atom. The van der Waals surface area contributed by atoms with Gasteiger partial charge in [-0.3, -0.25) is 0 Å². The van der Waals surface area contributed by atoms with E-state index in [-0.39, 0.29) is 23.6 Å². The number of halogens is 3. The highest BCUT2D eigenvalue weighted by atomic mass is 19.4. The van der Waals surface area contributed by atoms with Crippen molar-refractivity contribution in [3.8, 4) is 11.8 Å². The van der Waals surface area contributed by atoms with Crippen molar-refractivity contribution in [2.24, 2.45) is 0 Å². The van der Waals surface area contributed by atoms with Crippen LogP contribution in [0.1, 0.15) is 18.1 Å². The van der Waals surface area contributed by atoms with Crippen LogP contribution in [0.3, 0.4) is 0 Å². The maximum absolute atomic E-state index is 12.9. The fraction of sp³-hybridized carbons (Fsp3) is 0.250. The SMILES string of the molecule is CCOc1nc(NCc2cccc(OC)c2)nc(Nc2cccc(C(F)(F)F)c2)n1. The second-order valence-corrected chi connectivity index (χ2v) is 6.11. The number of anilines is 3. The number of hydrogen-bond acceptors (Lipinski definition) is 7. The van der Waals surface area contributed by atoms with Gasteiger partial charge < -0.3 is 20.1 Å². The lowest BCUT2D eigenvalue weighted by molar-refractivity contribution is -0.137. The van der Waals surface area contributed by atoms with E-state index in [1.54, 1.807) is 14.0 Å². The largest absolute Gasteiger partial charge is 0.497 e. The van der Waals surface area contributed by atoms with Crippen molar-refractivity contribution in [3.63, 3.8) is 0 Å². The average molecular weight is 419 g/mol. The molecule has 0 aliphatic rings. The van der Waals surface area contributed by atoms with Crippen LogP contribution in [0.4, 0.5) is 30.8 Å². The van der Waals surface area contributed by atoms with Crippen molar-refractivity contribution < 1.29 is 22.6 Å². The van der Waals surface area contributed by atoms with Gasteiger partial charge in [-0.15, -0.1) is 0 Å². The maximum Gasteiger partial charge on any atom is 0.416 e. The van der Waals surface area contributed by atoms with E-state index in [1.165, 1.54) is 12.1 Å². The Morgan fingerprint density at radius 2 is 1.73 bits per heavy atom. The van der Waals surface area contributed by atoms with E-state index in [4.69, 9.17) is 9.47 Å². The van der Waals surface area contributed by atoms with E-state index < -0.39 is 11.7 Å². The Kier molecular flexibility index (Phi) is 6.55. The molecule has 7 nitrogen and oxygen atoms in total. The Morgan fingerprint density at radius 3 is 2.47 bits per heavy atom. The van der Waals surface area contributed by atoms with Crippen molar-refractivity contribution in [2.45, 2.75) is 19.6 Å². The first-order valence-corrected chi connectivity index (χ1v) is 9.07. The van der Waals surface area contributed by atoms with E-state index in [1.807, 2.05) is 24.3 Å². The molecule has 1 heterocycles. The summed E-state index contributed by atoms with van der Waals surface area (Å²) < 4.78 is 49.4. The van der Waals surface area contributed by atoms with Crippen LogP contribution >= 0.6 is 0 Å². The lowest BCUT2D eigenvalue weighted by Gasteiger charge is -2.12. The van der Waals surface area contributed by atoms with Gasteiger partial charge in [-0.25, -0.2) is 0 Å². The first-order valence-electron chi connectivity index (χ1n) is 9.07. The summed E-state index contributed by atoms with van der Waals surface area (Å²) in [6.45, 7) is 2.49. The van der Waals surface area contributed by atoms with Gasteiger partial charge in [0.05, 0.1) is 19.3 Å². The van der Waals surface area contributed by atoms with Gasteiger partial charge in [-0.05, 0) is 42.8 Å². The standard InChI is InChI=1S/C20H20F3N5O2/c1-3-30-19-27-17(24-12-13-6-4-9-16(10-13)29-2)26-18(28-19)25-15-8-5-7-14(11-15)20(21,22)23/h4-11H,3,12H2,1-2H3,(H2,24,25,26,27,28). The van der Waals surface area contributed by atoms with Crippen LogP contribution < -0.4 is 20.1 Å². The Balaban J connectivity index is 1.80. The molecule has 158 valence electrons. The fourth-order valence-electron chi connectivity index (χ4n) is 2.55. The molecule has 0 unspecified atom stereocenters. The summed E-state index contributed by atoms with van der Waals surface area (Å²) in [6.07, 6.45) is -4.45. The average Bonchev–Trinajstić information content (AvgIpc) is 2.72. The van der Waals surface area contributed by atoms with Gasteiger partial charge in [0.2, 0.25) is 11.9 Å². The number of alkyl halides is 3. The second kappa shape index (κ2) is 9.29. The molecule has 3 aromatic rings. The van der Waals surface area contributed by atoms with E-state index >= 15 is 0 Å². The number of nitrogens with zero attached hydrogens (tertiary/aromatic N) is 3. The van der Waals surface area contributed by atoms with Gasteiger partial charge in [0, 0.05) is 12.2 Å². The molecule has 0 bridgehead atoms. The highest BCUT2D eigenvalue weighted by Gasteiger charge is 2.30. The molecule has 0 aliphatic carbocycles. The lowest BCUT2D eigenvalue weighted by Crippen LogP contribution is -2.10. The van der Waals surface area contributed by atoms with Crippen LogP contribution in [0.25, 0.3) is 0 Å². The van der Waals surface area contributed by atoms with E-state index in [9.17, 15) is 13.2 Å². The molecule has 0 saturated heterocycles. The van der Waals surface area contributed by atoms with Crippen LogP contribution in [0.2, 0.25) is 0 Å². The first-order chi connectivity index (χ1) is 14.4. The molecule has 0 amide bonds. The lowest BCUT2D eigenvalue weighted by atomic mass is 10.2. The minimum Gasteiger partial charge on any atom is -0.497 e. The van der Waals surface area contributed by atoms with Crippen molar-refractivity contribution in [3.05, 3.63) is 59.7 Å². The number of benzene rings is 2. The first kappa shape index (κ1) is 21.2. The van der Waals surface area contributed by atoms with Gasteiger partial charge in [0.15, 0.2) is 0 Å². The zero-order valence-corrected chi connectivity index (χ0v) is 16.3. The van der Waals surface area contributed by atoms with E-state index in [0.717, 1.165) is 17.7 Å². The summed E-state index contributed by atoms with van der Waals surface area (Å²) in [5.74, 6) is 0.985. The summed E-state index contributed by atoms with van der Waals surface area (Å²) in [5.41, 5.74) is 0.347. The summed E-state index contributed by atoms with van der Waals surface area (Å²) in [6, 6.07) is 12.3. The van der Waals surface area contributed by atoms with Crippen LogP contribution in [0, 0.1) is 0 Å². The highest BCUT2D eigenvalue weighted by Crippen LogP contribution is 2.31. The maximum atomic E-state index is 12.9. The third-order valence-corrected chi connectivity index (χ3v) is 3.92. The molecule has 0 fully saturated rings. The molecule has 3 rings (SSSR count). The number of aromatic nitrogens is 3. The summed E-state index contributed by atoms with van der Waals surface area (Å²) in [5, 5.41) is 5.82. The third kappa shape index (κ3) is 5.72. The summed E-state index contributed by atoms with van der Waals surface area (Å²) in [7, 11) is 1.58. The molecule has 10 heteroatoms. The van der Waals surface area contributed by atoms with Crippen LogP contribution in [0.5, 0.6) is 11.8 Å². The van der Waals surface area contributed by atoms with Gasteiger partial charge in [0.25, 0.3) is 0 Å². The fourth-order valence-corrected chi connectivity index (χ4v) is 2.55. The number of ether oxygens (including phenoxy) is 2. The van der Waals surface area contributed by atoms with Crippen molar-refractivity contribution in [1.82, 2.24) is 15.0 Å². The molecule has 0 radical (unpaired) electrons. The number of rotatable bonds is 8. The van der Waals surface area contributed by atoms with Crippen LogP contribution in [0.15, 0.2) is 48.5 Å². The highest BCUT2D eigenvalue weighted by molar-refractivity contribution is 5.56. The zero-order valence-electron chi connectivity index (χ0n) is 16.3. The van der Waals surface area contributed by atoms with Crippen molar-refractivity contribution in [1.29, 1.82) is 0 Å². The van der Waals surface area contributed by atoms with E-state index in [2.05, 4.69) is 25.6 Å². The Hall–Kier alpha value is -3.56. The molecular formula is C20H20F3N5O2. The van der Waals surface area contributed by atoms with Gasteiger partial charge in [-0.1, -0.05) is 18.2 Å². The second-order valence-electron chi connectivity index (χ2n) is 6.11. The molecule has 30 heavy (non-hydrogen) atoms. The van der Waals surface area contributed by atoms with E-state index in [0.29, 0.717) is 18.9 Å². The summed E-state index contributed by atoms with van der Waals surface area (Å²) >= 11 is 0. The minimum absolute atomic E-state index is 0.0510. The predicted molar refractivity (Wildman–Crippen MR) is 106 cm³/mol. The molecule has 2 N–H and O–H groups in total. The molecule has 0 saturated carbocycles. The monoisotopic (exact) mass is 419 g/mol. The number of methoxy groups -OCH3 is 1. The molecule has 2 aromatic carbocycles.